The summed E-state index contributed by atoms with van der Waals surface area (Å²) < 4.78 is 13.1. The highest BCUT2D eigenvalue weighted by Crippen LogP contribution is 2.32. The van der Waals surface area contributed by atoms with Crippen LogP contribution in [0.25, 0.3) is 0 Å². The van der Waals surface area contributed by atoms with E-state index in [2.05, 4.69) is 12.2 Å². The van der Waals surface area contributed by atoms with Crippen molar-refractivity contribution in [3.05, 3.63) is 35.6 Å². The number of nitrogens with one attached hydrogen (secondary N) is 1. The average molecular weight is 221 g/mol. The Labute approximate surface area is 97.1 Å². The van der Waals surface area contributed by atoms with Crippen molar-refractivity contribution < 1.29 is 4.39 Å². The Balaban J connectivity index is 1.87. The van der Waals surface area contributed by atoms with Gasteiger partial charge in [-0.15, -0.1) is 0 Å². The van der Waals surface area contributed by atoms with Crippen molar-refractivity contribution in [2.45, 2.75) is 38.6 Å². The maximum Gasteiger partial charge on any atom is 0.123 e. The molecule has 0 spiro atoms. The second kappa shape index (κ2) is 5.44. The summed E-state index contributed by atoms with van der Waals surface area (Å²) in [5, 5.41) is 3.52. The molecule has 1 atom stereocenters. The highest BCUT2D eigenvalue weighted by molar-refractivity contribution is 5.20. The summed E-state index contributed by atoms with van der Waals surface area (Å²) in [4.78, 5) is 0. The van der Waals surface area contributed by atoms with Crippen LogP contribution in [0.4, 0.5) is 4.39 Å². The Bertz CT molecular complexity index is 333. The molecule has 1 N–H and O–H groups in total. The monoisotopic (exact) mass is 221 g/mol. The lowest BCUT2D eigenvalue weighted by Crippen LogP contribution is -2.22. The summed E-state index contributed by atoms with van der Waals surface area (Å²) in [5.41, 5.74) is 1.07. The number of hydrogen-bond donors (Lipinski definition) is 1. The van der Waals surface area contributed by atoms with Gasteiger partial charge in [0.05, 0.1) is 0 Å². The largest absolute Gasteiger partial charge is 0.310 e. The first-order chi connectivity index (χ1) is 7.79. The summed E-state index contributed by atoms with van der Waals surface area (Å²) in [6.07, 6.45) is 5.08. The second-order valence-corrected chi connectivity index (χ2v) is 4.70. The normalized spacial score (nSPS) is 17.4. The molecule has 2 rings (SSSR count). The predicted molar refractivity (Wildman–Crippen MR) is 64.8 cm³/mol. The SMILES string of the molecule is CCC(NCCC1CC1)c1cccc(F)c1. The van der Waals surface area contributed by atoms with Crippen LogP contribution in [0.1, 0.15) is 44.2 Å². The Morgan fingerprint density at radius 2 is 2.25 bits per heavy atom. The van der Waals surface area contributed by atoms with E-state index in [-0.39, 0.29) is 5.82 Å². The van der Waals surface area contributed by atoms with E-state index in [9.17, 15) is 4.39 Å². The summed E-state index contributed by atoms with van der Waals surface area (Å²) in [6, 6.07) is 7.23. The lowest BCUT2D eigenvalue weighted by Gasteiger charge is -2.17. The smallest absolute Gasteiger partial charge is 0.123 e. The summed E-state index contributed by atoms with van der Waals surface area (Å²) in [7, 11) is 0. The van der Waals surface area contributed by atoms with Crippen molar-refractivity contribution in [1.29, 1.82) is 0 Å². The quantitative estimate of drug-likeness (QED) is 0.773. The van der Waals surface area contributed by atoms with Crippen LogP contribution < -0.4 is 5.32 Å². The topological polar surface area (TPSA) is 12.0 Å². The Morgan fingerprint density at radius 3 is 2.88 bits per heavy atom. The van der Waals surface area contributed by atoms with Gasteiger partial charge in [-0.3, -0.25) is 0 Å². The molecule has 1 nitrogen and oxygen atoms in total. The fourth-order valence-electron chi connectivity index (χ4n) is 2.09. The molecule has 88 valence electrons. The third-order valence-electron chi connectivity index (χ3n) is 3.30. The van der Waals surface area contributed by atoms with Crippen molar-refractivity contribution in [3.8, 4) is 0 Å². The lowest BCUT2D eigenvalue weighted by atomic mass is 10.0. The van der Waals surface area contributed by atoms with Crippen molar-refractivity contribution in [2.75, 3.05) is 6.54 Å². The first-order valence-corrected chi connectivity index (χ1v) is 6.28. The van der Waals surface area contributed by atoms with E-state index in [1.807, 2.05) is 6.07 Å². The van der Waals surface area contributed by atoms with E-state index in [0.717, 1.165) is 24.4 Å². The minimum Gasteiger partial charge on any atom is -0.310 e. The van der Waals surface area contributed by atoms with Gasteiger partial charge in [0.1, 0.15) is 5.82 Å². The van der Waals surface area contributed by atoms with Gasteiger partial charge in [-0.05, 0) is 43.0 Å². The van der Waals surface area contributed by atoms with Crippen LogP contribution in [-0.2, 0) is 0 Å². The molecule has 16 heavy (non-hydrogen) atoms. The van der Waals surface area contributed by atoms with Crippen LogP contribution >= 0.6 is 0 Å². The Morgan fingerprint density at radius 1 is 1.44 bits per heavy atom. The van der Waals surface area contributed by atoms with Crippen LogP contribution in [0, 0.1) is 11.7 Å². The Hall–Kier alpha value is -0.890. The zero-order chi connectivity index (χ0) is 11.4. The number of rotatable bonds is 6. The first kappa shape index (κ1) is 11.6. The van der Waals surface area contributed by atoms with Gasteiger partial charge < -0.3 is 5.32 Å². The molecule has 1 unspecified atom stereocenters. The van der Waals surface area contributed by atoms with Crippen molar-refractivity contribution in [1.82, 2.24) is 5.32 Å². The van der Waals surface area contributed by atoms with E-state index in [1.54, 1.807) is 12.1 Å². The van der Waals surface area contributed by atoms with E-state index in [4.69, 9.17) is 0 Å². The standard InChI is InChI=1S/C14H20FN/c1-2-14(16-9-8-11-6-7-11)12-4-3-5-13(15)10-12/h3-5,10-11,14,16H,2,6-9H2,1H3. The minimum absolute atomic E-state index is 0.139. The average Bonchev–Trinajstić information content (AvgIpc) is 3.08. The summed E-state index contributed by atoms with van der Waals surface area (Å²) in [6.45, 7) is 3.19. The second-order valence-electron chi connectivity index (χ2n) is 4.70. The lowest BCUT2D eigenvalue weighted by molar-refractivity contribution is 0.495. The van der Waals surface area contributed by atoms with Gasteiger partial charge in [0, 0.05) is 6.04 Å². The van der Waals surface area contributed by atoms with Gasteiger partial charge in [0.15, 0.2) is 0 Å². The van der Waals surface area contributed by atoms with Crippen LogP contribution in [-0.4, -0.2) is 6.54 Å². The molecule has 0 heterocycles. The number of benzene rings is 1. The molecule has 0 amide bonds. The molecule has 0 aliphatic heterocycles. The van der Waals surface area contributed by atoms with Crippen LogP contribution in [0.15, 0.2) is 24.3 Å². The number of hydrogen-bond acceptors (Lipinski definition) is 1. The molecule has 0 bridgehead atoms. The number of halogens is 1. The van der Waals surface area contributed by atoms with Gasteiger partial charge in [-0.25, -0.2) is 4.39 Å². The zero-order valence-electron chi connectivity index (χ0n) is 9.88. The van der Waals surface area contributed by atoms with Gasteiger partial charge in [0.25, 0.3) is 0 Å². The molecular weight excluding hydrogens is 201 g/mol. The third-order valence-corrected chi connectivity index (χ3v) is 3.30. The van der Waals surface area contributed by atoms with E-state index >= 15 is 0 Å². The van der Waals surface area contributed by atoms with Gasteiger partial charge in [0.2, 0.25) is 0 Å². The van der Waals surface area contributed by atoms with Gasteiger partial charge in [-0.2, -0.15) is 0 Å². The predicted octanol–water partition coefficient (Wildman–Crippen LogP) is 3.67. The van der Waals surface area contributed by atoms with Gasteiger partial charge in [-0.1, -0.05) is 31.9 Å². The molecule has 1 aromatic carbocycles. The molecule has 1 aromatic rings. The fourth-order valence-corrected chi connectivity index (χ4v) is 2.09. The molecule has 1 aliphatic carbocycles. The minimum atomic E-state index is -0.139. The third kappa shape index (κ3) is 3.31. The van der Waals surface area contributed by atoms with Gasteiger partial charge >= 0.3 is 0 Å². The van der Waals surface area contributed by atoms with Crippen LogP contribution in [0.3, 0.4) is 0 Å². The molecule has 1 fully saturated rings. The van der Waals surface area contributed by atoms with Crippen molar-refractivity contribution >= 4 is 0 Å². The molecular formula is C14H20FN. The van der Waals surface area contributed by atoms with Crippen molar-refractivity contribution in [3.63, 3.8) is 0 Å². The summed E-state index contributed by atoms with van der Waals surface area (Å²) in [5.74, 6) is 0.817. The zero-order valence-corrected chi connectivity index (χ0v) is 9.88. The molecule has 1 aliphatic rings. The maximum absolute atomic E-state index is 13.1. The molecule has 1 saturated carbocycles. The van der Waals surface area contributed by atoms with Crippen LogP contribution in [0.5, 0.6) is 0 Å². The van der Waals surface area contributed by atoms with Crippen LogP contribution in [0.2, 0.25) is 0 Å². The molecule has 0 aromatic heterocycles. The highest BCUT2D eigenvalue weighted by Gasteiger charge is 2.20. The molecule has 0 saturated heterocycles. The van der Waals surface area contributed by atoms with E-state index < -0.39 is 0 Å². The van der Waals surface area contributed by atoms with E-state index in [0.29, 0.717) is 6.04 Å². The maximum atomic E-state index is 13.1. The van der Waals surface area contributed by atoms with Crippen molar-refractivity contribution in [2.24, 2.45) is 5.92 Å². The fraction of sp³-hybridized carbons (Fsp3) is 0.571. The van der Waals surface area contributed by atoms with E-state index in [1.165, 1.54) is 25.3 Å². The Kier molecular flexibility index (Phi) is 3.94. The molecule has 0 radical (unpaired) electrons. The summed E-state index contributed by atoms with van der Waals surface area (Å²) >= 11 is 0. The highest BCUT2D eigenvalue weighted by atomic mass is 19.1. The molecule has 2 heteroatoms. The first-order valence-electron chi connectivity index (χ1n) is 6.28.